The molecule has 0 spiro atoms. The van der Waals surface area contributed by atoms with Gasteiger partial charge in [-0.25, -0.2) is 0 Å². The molecule has 0 atom stereocenters. The van der Waals surface area contributed by atoms with Gasteiger partial charge in [0.1, 0.15) is 11.5 Å². The molecule has 3 heterocycles. The molecule has 0 aliphatic carbocycles. The van der Waals surface area contributed by atoms with Gasteiger partial charge < -0.3 is 13.9 Å². The second-order valence-corrected chi connectivity index (χ2v) is 6.67. The third-order valence-electron chi connectivity index (χ3n) is 4.70. The molecule has 0 unspecified atom stereocenters. The van der Waals surface area contributed by atoms with Crippen molar-refractivity contribution in [2.45, 2.75) is 0 Å². The molecule has 0 N–H and O–H groups in total. The first-order chi connectivity index (χ1) is 14.3. The molecule has 0 amide bonds. The van der Waals surface area contributed by atoms with Crippen molar-refractivity contribution in [2.24, 2.45) is 7.05 Å². The van der Waals surface area contributed by atoms with Gasteiger partial charge in [-0.1, -0.05) is 42.5 Å². The van der Waals surface area contributed by atoms with Gasteiger partial charge in [-0.05, 0) is 30.3 Å². The predicted molar refractivity (Wildman–Crippen MR) is 111 cm³/mol. The van der Waals surface area contributed by atoms with E-state index < -0.39 is 0 Å². The monoisotopic (exact) mass is 378 g/mol. The number of imidazole rings is 1. The Morgan fingerprint density at radius 1 is 0.793 bits per heavy atom. The Morgan fingerprint density at radius 3 is 2.52 bits per heavy atom. The van der Waals surface area contributed by atoms with Gasteiger partial charge in [0, 0.05) is 18.5 Å². The zero-order valence-corrected chi connectivity index (χ0v) is 15.9. The topological polar surface area (TPSA) is 43.8 Å². The second kappa shape index (κ2) is 7.20. The van der Waals surface area contributed by atoms with Crippen LogP contribution in [0.15, 0.2) is 91.3 Å². The zero-order chi connectivity index (χ0) is 19.6. The Kier molecular flexibility index (Phi) is 4.26. The number of fused-ring (bicyclic) bond motifs is 1. The fourth-order valence-corrected chi connectivity index (χ4v) is 3.34. The Bertz CT molecular complexity index is 1290. The van der Waals surface area contributed by atoms with Crippen LogP contribution in [0.4, 0.5) is 0 Å². The van der Waals surface area contributed by atoms with Gasteiger partial charge in [0.05, 0.1) is 35.2 Å². The first kappa shape index (κ1) is 17.1. The molecular weight excluding hydrogens is 360 g/mol. The predicted octanol–water partition coefficient (Wildman–Crippen LogP) is 4.50. The van der Waals surface area contributed by atoms with Crippen LogP contribution in [-0.4, -0.2) is 14.5 Å². The van der Waals surface area contributed by atoms with Crippen LogP contribution in [0.1, 0.15) is 0 Å². The van der Waals surface area contributed by atoms with Gasteiger partial charge >= 0.3 is 0 Å². The van der Waals surface area contributed by atoms with E-state index in [1.54, 1.807) is 12.4 Å². The van der Waals surface area contributed by atoms with E-state index >= 15 is 0 Å². The number of nitrogens with zero attached hydrogens (tertiary/aromatic N) is 4. The fraction of sp³-hybridized carbons (Fsp3) is 0.0417. The fourth-order valence-electron chi connectivity index (χ4n) is 3.34. The molecule has 5 aromatic rings. The summed E-state index contributed by atoms with van der Waals surface area (Å²) in [5.74, 6) is 1.46. The minimum Gasteiger partial charge on any atom is -0.458 e. The average Bonchev–Trinajstić information content (AvgIpc) is 3.12. The molecule has 140 valence electrons. The van der Waals surface area contributed by atoms with E-state index in [0.717, 1.165) is 33.9 Å². The van der Waals surface area contributed by atoms with E-state index in [1.165, 1.54) is 0 Å². The molecule has 5 nitrogen and oxygen atoms in total. The summed E-state index contributed by atoms with van der Waals surface area (Å²) < 4.78 is 10.1. The van der Waals surface area contributed by atoms with Crippen molar-refractivity contribution >= 4 is 11.0 Å². The zero-order valence-electron chi connectivity index (χ0n) is 15.9. The lowest BCUT2D eigenvalue weighted by molar-refractivity contribution is -0.649. The van der Waals surface area contributed by atoms with Crippen LogP contribution in [0.2, 0.25) is 0 Å². The van der Waals surface area contributed by atoms with Crippen molar-refractivity contribution in [1.29, 1.82) is 0 Å². The molecule has 0 saturated heterocycles. The van der Waals surface area contributed by atoms with Gasteiger partial charge in [-0.2, -0.15) is 0 Å². The third kappa shape index (κ3) is 3.34. The highest BCUT2D eigenvalue weighted by Crippen LogP contribution is 2.27. The Hall–Kier alpha value is -3.99. The van der Waals surface area contributed by atoms with Crippen LogP contribution in [0.3, 0.4) is 0 Å². The molecule has 0 bridgehead atoms. The van der Waals surface area contributed by atoms with Crippen LogP contribution in [0.25, 0.3) is 28.1 Å². The van der Waals surface area contributed by atoms with Crippen LogP contribution < -0.4 is 9.30 Å². The maximum absolute atomic E-state index is 6.12. The lowest BCUT2D eigenvalue weighted by Crippen LogP contribution is -2.26. The number of aryl methyl sites for hydroxylation is 1. The summed E-state index contributed by atoms with van der Waals surface area (Å²) in [6.07, 6.45) is 6.84. The van der Waals surface area contributed by atoms with Crippen molar-refractivity contribution < 1.29 is 9.30 Å². The highest BCUT2D eigenvalue weighted by molar-refractivity contribution is 5.74. The number of hydrogen-bond acceptors (Lipinski definition) is 3. The lowest BCUT2D eigenvalue weighted by Gasteiger charge is -2.10. The maximum Gasteiger partial charge on any atom is 0.244 e. The molecule has 0 saturated carbocycles. The van der Waals surface area contributed by atoms with Crippen molar-refractivity contribution in [1.82, 2.24) is 14.5 Å². The van der Waals surface area contributed by atoms with Crippen LogP contribution in [0.5, 0.6) is 11.5 Å². The summed E-state index contributed by atoms with van der Waals surface area (Å²) >= 11 is 0. The molecule has 5 rings (SSSR count). The van der Waals surface area contributed by atoms with E-state index in [-0.39, 0.29) is 0 Å². The SMILES string of the molecule is C[n+]1[c-]n(-c2cccc(Oc3ccnc(-c4ccccn4)c3)c2)c2ccccc21. The molecule has 29 heavy (non-hydrogen) atoms. The second-order valence-electron chi connectivity index (χ2n) is 6.67. The van der Waals surface area contributed by atoms with Crippen molar-refractivity contribution in [3.63, 3.8) is 0 Å². The Morgan fingerprint density at radius 2 is 1.62 bits per heavy atom. The smallest absolute Gasteiger partial charge is 0.244 e. The number of ether oxygens (including phenoxy) is 1. The minimum absolute atomic E-state index is 0.713. The number of hydrogen-bond donors (Lipinski definition) is 0. The Balaban J connectivity index is 1.48. The lowest BCUT2D eigenvalue weighted by atomic mass is 10.2. The first-order valence-electron chi connectivity index (χ1n) is 9.32. The minimum atomic E-state index is 0.713. The molecular formula is C24H18N4O. The van der Waals surface area contributed by atoms with E-state index in [4.69, 9.17) is 4.74 Å². The number of pyridine rings is 2. The van der Waals surface area contributed by atoms with Gasteiger partial charge in [-0.3, -0.25) is 9.97 Å². The molecule has 0 aliphatic rings. The quantitative estimate of drug-likeness (QED) is 0.342. The third-order valence-corrected chi connectivity index (χ3v) is 4.70. The maximum atomic E-state index is 6.12. The molecule has 0 radical (unpaired) electrons. The van der Waals surface area contributed by atoms with Crippen molar-refractivity contribution in [3.8, 4) is 28.6 Å². The number of benzene rings is 2. The molecule has 2 aromatic carbocycles. The summed E-state index contributed by atoms with van der Waals surface area (Å²) in [5.41, 5.74) is 4.78. The highest BCUT2D eigenvalue weighted by Gasteiger charge is 2.08. The van der Waals surface area contributed by atoms with E-state index in [9.17, 15) is 0 Å². The summed E-state index contributed by atoms with van der Waals surface area (Å²) in [6, 6.07) is 25.7. The van der Waals surface area contributed by atoms with Crippen molar-refractivity contribution in [2.75, 3.05) is 0 Å². The van der Waals surface area contributed by atoms with E-state index in [2.05, 4.69) is 28.4 Å². The molecule has 0 fully saturated rings. The summed E-state index contributed by atoms with van der Waals surface area (Å²) in [4.78, 5) is 8.75. The van der Waals surface area contributed by atoms with Gasteiger partial charge in [0.25, 0.3) is 0 Å². The van der Waals surface area contributed by atoms with Crippen LogP contribution in [-0.2, 0) is 7.05 Å². The summed E-state index contributed by atoms with van der Waals surface area (Å²) in [7, 11) is 2.00. The normalized spacial score (nSPS) is 10.9. The Labute approximate surface area is 168 Å². The summed E-state index contributed by atoms with van der Waals surface area (Å²) in [6.45, 7) is 0. The highest BCUT2D eigenvalue weighted by atomic mass is 16.5. The van der Waals surface area contributed by atoms with E-state index in [0.29, 0.717) is 5.75 Å². The average molecular weight is 378 g/mol. The molecule has 3 aromatic heterocycles. The number of rotatable bonds is 4. The number of aromatic nitrogens is 4. The standard InChI is InChI=1S/C24H18N4O/c1-27-17-28(24-11-3-2-10-23(24)27)18-7-6-8-19(15-18)29-20-12-14-26-22(16-20)21-9-4-5-13-25-21/h2-16H,1H3. The molecule has 5 heteroatoms. The van der Waals surface area contributed by atoms with E-state index in [1.807, 2.05) is 82.9 Å². The van der Waals surface area contributed by atoms with Gasteiger partial charge in [0.15, 0.2) is 0 Å². The largest absolute Gasteiger partial charge is 0.458 e. The first-order valence-corrected chi connectivity index (χ1v) is 9.32. The van der Waals surface area contributed by atoms with Crippen molar-refractivity contribution in [3.05, 3.63) is 97.6 Å². The molecule has 0 aliphatic heterocycles. The summed E-state index contributed by atoms with van der Waals surface area (Å²) in [5, 5.41) is 0. The van der Waals surface area contributed by atoms with Crippen LogP contribution in [0, 0.1) is 6.33 Å². The van der Waals surface area contributed by atoms with Gasteiger partial charge in [0.2, 0.25) is 6.33 Å². The number of para-hydroxylation sites is 2. The van der Waals surface area contributed by atoms with Gasteiger partial charge in [-0.15, -0.1) is 0 Å². The van der Waals surface area contributed by atoms with Crippen LogP contribution >= 0.6 is 0 Å².